The van der Waals surface area contributed by atoms with Crippen molar-refractivity contribution < 1.29 is 14.0 Å². The van der Waals surface area contributed by atoms with Crippen molar-refractivity contribution in [2.75, 3.05) is 16.8 Å². The molecule has 0 spiro atoms. The molecule has 5 heteroatoms. The van der Waals surface area contributed by atoms with Gasteiger partial charge in [0.25, 0.3) is 0 Å². The lowest BCUT2D eigenvalue weighted by molar-refractivity contribution is -0.119. The zero-order chi connectivity index (χ0) is 17.6. The van der Waals surface area contributed by atoms with E-state index in [0.29, 0.717) is 0 Å². The number of nitrogens with zero attached hydrogens (tertiary/aromatic N) is 1. The summed E-state index contributed by atoms with van der Waals surface area (Å²) < 4.78 is 13.0. The van der Waals surface area contributed by atoms with E-state index in [9.17, 15) is 14.0 Å². The number of carbonyl (C=O) groups is 2. The van der Waals surface area contributed by atoms with Crippen molar-refractivity contribution in [3.63, 3.8) is 0 Å². The van der Waals surface area contributed by atoms with Gasteiger partial charge in [-0.3, -0.25) is 9.59 Å². The van der Waals surface area contributed by atoms with Crippen molar-refractivity contribution in [3.8, 4) is 0 Å². The van der Waals surface area contributed by atoms with Crippen molar-refractivity contribution >= 4 is 23.2 Å². The molecule has 4 rings (SSSR count). The van der Waals surface area contributed by atoms with Crippen molar-refractivity contribution in [1.82, 2.24) is 0 Å². The first-order chi connectivity index (χ1) is 12.0. The van der Waals surface area contributed by atoms with Gasteiger partial charge in [0.1, 0.15) is 5.82 Å². The fourth-order valence-electron chi connectivity index (χ4n) is 3.76. The molecule has 0 aromatic heterocycles. The molecule has 0 unspecified atom stereocenters. The van der Waals surface area contributed by atoms with E-state index in [1.165, 1.54) is 12.1 Å². The maximum Gasteiger partial charge on any atom is 0.234 e. The lowest BCUT2D eigenvalue weighted by atomic mass is 9.96. The summed E-state index contributed by atoms with van der Waals surface area (Å²) in [5, 5.41) is 2.92. The van der Waals surface area contributed by atoms with Crippen LogP contribution in [0.2, 0.25) is 0 Å². The molecule has 0 fully saturated rings. The highest BCUT2D eigenvalue weighted by atomic mass is 19.1. The summed E-state index contributed by atoms with van der Waals surface area (Å²) in [7, 11) is 0. The van der Waals surface area contributed by atoms with Gasteiger partial charge in [-0.15, -0.1) is 0 Å². The molecule has 0 radical (unpaired) electrons. The Morgan fingerprint density at radius 2 is 2.04 bits per heavy atom. The highest BCUT2D eigenvalue weighted by Gasteiger charge is 2.37. The van der Waals surface area contributed by atoms with Crippen LogP contribution in [0.3, 0.4) is 0 Å². The SMILES string of the molecule is C[C@H]1C(=O)N2CCCc3cc(NC(=O)Cc4ccc(F)cc4)cc1c32. The largest absolute Gasteiger partial charge is 0.326 e. The van der Waals surface area contributed by atoms with E-state index in [2.05, 4.69) is 5.32 Å². The van der Waals surface area contributed by atoms with Gasteiger partial charge in [-0.25, -0.2) is 4.39 Å². The number of halogens is 1. The Hall–Kier alpha value is -2.69. The number of hydrogen-bond acceptors (Lipinski definition) is 2. The van der Waals surface area contributed by atoms with E-state index < -0.39 is 0 Å². The van der Waals surface area contributed by atoms with Gasteiger partial charge in [-0.2, -0.15) is 0 Å². The fourth-order valence-corrected chi connectivity index (χ4v) is 3.76. The minimum absolute atomic E-state index is 0.144. The Kier molecular flexibility index (Phi) is 3.79. The van der Waals surface area contributed by atoms with Crippen molar-refractivity contribution in [1.29, 1.82) is 0 Å². The van der Waals surface area contributed by atoms with Gasteiger partial charge in [-0.1, -0.05) is 12.1 Å². The van der Waals surface area contributed by atoms with Crippen LogP contribution in [0.15, 0.2) is 36.4 Å². The molecule has 2 aromatic carbocycles. The van der Waals surface area contributed by atoms with Gasteiger partial charge < -0.3 is 10.2 Å². The molecular weight excluding hydrogens is 319 g/mol. The molecule has 25 heavy (non-hydrogen) atoms. The van der Waals surface area contributed by atoms with Crippen LogP contribution < -0.4 is 10.2 Å². The molecule has 2 heterocycles. The topological polar surface area (TPSA) is 49.4 Å². The average Bonchev–Trinajstić information content (AvgIpc) is 2.84. The number of anilines is 2. The number of rotatable bonds is 3. The lowest BCUT2D eigenvalue weighted by Gasteiger charge is -2.26. The second kappa shape index (κ2) is 5.99. The summed E-state index contributed by atoms with van der Waals surface area (Å²) in [6.45, 7) is 2.69. The summed E-state index contributed by atoms with van der Waals surface area (Å²) in [5.74, 6) is -0.486. The van der Waals surface area contributed by atoms with Crippen LogP contribution in [0.5, 0.6) is 0 Å². The quantitative estimate of drug-likeness (QED) is 0.932. The fraction of sp³-hybridized carbons (Fsp3) is 0.300. The minimum Gasteiger partial charge on any atom is -0.326 e. The average molecular weight is 338 g/mol. The molecule has 2 aliphatic rings. The van der Waals surface area contributed by atoms with Crippen molar-refractivity contribution in [2.45, 2.75) is 32.1 Å². The molecule has 2 aliphatic heterocycles. The Bertz CT molecular complexity index is 861. The minimum atomic E-state index is -0.315. The van der Waals surface area contributed by atoms with Gasteiger partial charge in [0, 0.05) is 12.2 Å². The first-order valence-electron chi connectivity index (χ1n) is 8.55. The third kappa shape index (κ3) is 2.80. The van der Waals surface area contributed by atoms with E-state index in [4.69, 9.17) is 0 Å². The van der Waals surface area contributed by atoms with Gasteiger partial charge in [0.15, 0.2) is 0 Å². The highest BCUT2D eigenvalue weighted by Crippen LogP contribution is 2.44. The third-order valence-corrected chi connectivity index (χ3v) is 4.98. The molecule has 128 valence electrons. The van der Waals surface area contributed by atoms with Crippen molar-refractivity contribution in [2.24, 2.45) is 0 Å². The Balaban J connectivity index is 1.57. The summed E-state index contributed by atoms with van der Waals surface area (Å²) in [4.78, 5) is 26.6. The molecule has 4 nitrogen and oxygen atoms in total. The highest BCUT2D eigenvalue weighted by molar-refractivity contribution is 6.06. The second-order valence-electron chi connectivity index (χ2n) is 6.74. The van der Waals surface area contributed by atoms with E-state index in [-0.39, 0.29) is 30.0 Å². The van der Waals surface area contributed by atoms with Crippen LogP contribution in [-0.4, -0.2) is 18.4 Å². The summed E-state index contributed by atoms with van der Waals surface area (Å²) in [5.41, 5.74) is 4.65. The van der Waals surface area contributed by atoms with E-state index in [1.54, 1.807) is 12.1 Å². The number of benzene rings is 2. The lowest BCUT2D eigenvalue weighted by Crippen LogP contribution is -2.32. The number of nitrogens with one attached hydrogen (secondary N) is 1. The summed E-state index contributed by atoms with van der Waals surface area (Å²) >= 11 is 0. The maximum atomic E-state index is 13.0. The zero-order valence-corrected chi connectivity index (χ0v) is 14.0. The number of aryl methyl sites for hydroxylation is 1. The van der Waals surface area contributed by atoms with Crippen molar-refractivity contribution in [3.05, 3.63) is 58.9 Å². The predicted molar refractivity (Wildman–Crippen MR) is 94.3 cm³/mol. The van der Waals surface area contributed by atoms with Crippen LogP contribution in [0.25, 0.3) is 0 Å². The molecule has 0 saturated heterocycles. The molecule has 0 saturated carbocycles. The van der Waals surface area contributed by atoms with Crippen LogP contribution in [0.4, 0.5) is 15.8 Å². The molecule has 1 N–H and O–H groups in total. The standard InChI is InChI=1S/C20H19FN2O2/c1-12-17-11-16(10-14-3-2-8-23(19(14)17)20(12)25)22-18(24)9-13-4-6-15(21)7-5-13/h4-7,10-12H,2-3,8-9H2,1H3,(H,22,24)/t12-/m1/s1. The maximum absolute atomic E-state index is 13.0. The second-order valence-corrected chi connectivity index (χ2v) is 6.74. The molecule has 1 atom stereocenters. The smallest absolute Gasteiger partial charge is 0.234 e. The first kappa shape index (κ1) is 15.8. The first-order valence-corrected chi connectivity index (χ1v) is 8.55. The molecular formula is C20H19FN2O2. The Morgan fingerprint density at radius 1 is 1.28 bits per heavy atom. The Morgan fingerprint density at radius 3 is 2.80 bits per heavy atom. The van der Waals surface area contributed by atoms with E-state index >= 15 is 0 Å². The van der Waals surface area contributed by atoms with Crippen LogP contribution in [0.1, 0.15) is 36.0 Å². The van der Waals surface area contributed by atoms with Gasteiger partial charge in [-0.05, 0) is 60.7 Å². The van der Waals surface area contributed by atoms with E-state index in [0.717, 1.165) is 47.5 Å². The predicted octanol–water partition coefficient (Wildman–Crippen LogP) is 3.40. The zero-order valence-electron chi connectivity index (χ0n) is 14.0. The molecule has 2 amide bonds. The van der Waals surface area contributed by atoms with E-state index in [1.807, 2.05) is 24.0 Å². The summed E-state index contributed by atoms with van der Waals surface area (Å²) in [6, 6.07) is 9.81. The van der Waals surface area contributed by atoms with Gasteiger partial charge >= 0.3 is 0 Å². The molecule has 2 aromatic rings. The normalized spacial score (nSPS) is 18.2. The van der Waals surface area contributed by atoms with Crippen LogP contribution in [-0.2, 0) is 22.4 Å². The molecule has 0 aliphatic carbocycles. The van der Waals surface area contributed by atoms with Gasteiger partial charge in [0.2, 0.25) is 11.8 Å². The number of amides is 2. The summed E-state index contributed by atoms with van der Waals surface area (Å²) in [6.07, 6.45) is 2.05. The Labute approximate surface area is 145 Å². The molecule has 0 bridgehead atoms. The third-order valence-electron chi connectivity index (χ3n) is 4.98. The van der Waals surface area contributed by atoms with Crippen LogP contribution >= 0.6 is 0 Å². The van der Waals surface area contributed by atoms with Crippen LogP contribution in [0, 0.1) is 5.82 Å². The monoisotopic (exact) mass is 338 g/mol. The number of hydrogen-bond donors (Lipinski definition) is 1. The van der Waals surface area contributed by atoms with Gasteiger partial charge in [0.05, 0.1) is 18.0 Å². The number of carbonyl (C=O) groups excluding carboxylic acids is 2.